The molecule has 0 radical (unpaired) electrons. The monoisotopic (exact) mass is 176 g/mol. The Bertz CT molecular complexity index is 288. The molecule has 1 aliphatic rings. The molecule has 1 aromatic carbocycles. The van der Waals surface area contributed by atoms with Crippen LogP contribution in [0, 0.1) is 0 Å². The molecule has 0 amide bonds. The molecule has 1 N–H and O–H groups in total. The van der Waals surface area contributed by atoms with E-state index in [1.807, 2.05) is 36.4 Å². The van der Waals surface area contributed by atoms with Crippen LogP contribution in [0.2, 0.25) is 0 Å². The van der Waals surface area contributed by atoms with Crippen molar-refractivity contribution in [2.24, 2.45) is 0 Å². The fourth-order valence-corrected chi connectivity index (χ4v) is 1.15. The van der Waals surface area contributed by atoms with E-state index >= 15 is 0 Å². The molecule has 1 saturated heterocycles. The second-order valence-corrected chi connectivity index (χ2v) is 3.13. The van der Waals surface area contributed by atoms with Crippen molar-refractivity contribution in [1.82, 2.24) is 0 Å². The Morgan fingerprint density at radius 1 is 1.38 bits per heavy atom. The maximum atomic E-state index is 9.44. The number of rotatable bonds is 3. The zero-order valence-electron chi connectivity index (χ0n) is 7.26. The first kappa shape index (κ1) is 8.48. The molecule has 2 nitrogen and oxygen atoms in total. The largest absolute Gasteiger partial charge is 0.386 e. The van der Waals surface area contributed by atoms with Gasteiger partial charge >= 0.3 is 0 Å². The van der Waals surface area contributed by atoms with Gasteiger partial charge < -0.3 is 9.84 Å². The Hall–Kier alpha value is -1.12. The van der Waals surface area contributed by atoms with Crippen molar-refractivity contribution < 1.29 is 9.84 Å². The van der Waals surface area contributed by atoms with Crippen molar-refractivity contribution >= 4 is 6.08 Å². The van der Waals surface area contributed by atoms with E-state index in [1.54, 1.807) is 6.08 Å². The van der Waals surface area contributed by atoms with Crippen LogP contribution in [0.15, 0.2) is 36.4 Å². The average molecular weight is 176 g/mol. The number of hydrogen-bond donors (Lipinski definition) is 1. The van der Waals surface area contributed by atoms with Crippen molar-refractivity contribution in [2.75, 3.05) is 6.61 Å². The van der Waals surface area contributed by atoms with Crippen LogP contribution in [0.25, 0.3) is 6.08 Å². The summed E-state index contributed by atoms with van der Waals surface area (Å²) in [5.41, 5.74) is 1.10. The third-order valence-corrected chi connectivity index (χ3v) is 2.03. The molecule has 0 aromatic heterocycles. The highest BCUT2D eigenvalue weighted by molar-refractivity contribution is 5.49. The number of benzene rings is 1. The number of ether oxygens (including phenoxy) is 1. The van der Waals surface area contributed by atoms with Crippen LogP contribution in [0.3, 0.4) is 0 Å². The van der Waals surface area contributed by atoms with E-state index in [2.05, 4.69) is 0 Å². The summed E-state index contributed by atoms with van der Waals surface area (Å²) in [6.45, 7) is 0.681. The molecule has 1 aliphatic heterocycles. The summed E-state index contributed by atoms with van der Waals surface area (Å²) in [5, 5.41) is 9.44. The predicted octanol–water partition coefficient (Wildman–Crippen LogP) is 1.46. The highest BCUT2D eigenvalue weighted by Crippen LogP contribution is 2.15. The second kappa shape index (κ2) is 3.73. The fraction of sp³-hybridized carbons (Fsp3) is 0.273. The van der Waals surface area contributed by atoms with Gasteiger partial charge in [-0.15, -0.1) is 0 Å². The molecule has 0 spiro atoms. The molecular formula is C11H12O2. The predicted molar refractivity (Wildman–Crippen MR) is 51.2 cm³/mol. The van der Waals surface area contributed by atoms with E-state index in [4.69, 9.17) is 4.74 Å². The van der Waals surface area contributed by atoms with Gasteiger partial charge in [0.2, 0.25) is 0 Å². The van der Waals surface area contributed by atoms with Crippen LogP contribution in [0.4, 0.5) is 0 Å². The summed E-state index contributed by atoms with van der Waals surface area (Å²) in [4.78, 5) is 0. The standard InChI is InChI=1S/C11H12O2/c12-10(11-8-13-11)7-6-9-4-2-1-3-5-9/h1-7,10-12H,8H2/b7-6+/t10-,11+/m1/s1. The Kier molecular flexibility index (Phi) is 2.43. The van der Waals surface area contributed by atoms with Gasteiger partial charge in [0.15, 0.2) is 0 Å². The quantitative estimate of drug-likeness (QED) is 0.707. The Balaban J connectivity index is 1.96. The summed E-state index contributed by atoms with van der Waals surface area (Å²) >= 11 is 0. The first-order valence-corrected chi connectivity index (χ1v) is 4.39. The van der Waals surface area contributed by atoms with E-state index in [1.165, 1.54) is 0 Å². The molecule has 1 fully saturated rings. The summed E-state index contributed by atoms with van der Waals surface area (Å²) in [5.74, 6) is 0. The topological polar surface area (TPSA) is 32.8 Å². The van der Waals surface area contributed by atoms with Gasteiger partial charge in [-0.3, -0.25) is 0 Å². The molecular weight excluding hydrogens is 164 g/mol. The maximum absolute atomic E-state index is 9.44. The lowest BCUT2D eigenvalue weighted by Gasteiger charge is -1.98. The van der Waals surface area contributed by atoms with Gasteiger partial charge in [0.05, 0.1) is 6.61 Å². The van der Waals surface area contributed by atoms with Crippen LogP contribution >= 0.6 is 0 Å². The van der Waals surface area contributed by atoms with Crippen molar-refractivity contribution in [3.63, 3.8) is 0 Å². The van der Waals surface area contributed by atoms with E-state index in [0.29, 0.717) is 6.61 Å². The smallest absolute Gasteiger partial charge is 0.110 e. The first-order chi connectivity index (χ1) is 6.36. The lowest BCUT2D eigenvalue weighted by atomic mass is 10.1. The van der Waals surface area contributed by atoms with Crippen LogP contribution < -0.4 is 0 Å². The number of epoxide rings is 1. The zero-order valence-corrected chi connectivity index (χ0v) is 7.26. The van der Waals surface area contributed by atoms with Crippen LogP contribution in [-0.2, 0) is 4.74 Å². The molecule has 1 heterocycles. The summed E-state index contributed by atoms with van der Waals surface area (Å²) in [6, 6.07) is 9.91. The van der Waals surface area contributed by atoms with Gasteiger partial charge in [-0.2, -0.15) is 0 Å². The van der Waals surface area contributed by atoms with Crippen LogP contribution in [0.5, 0.6) is 0 Å². The van der Waals surface area contributed by atoms with Crippen LogP contribution in [-0.4, -0.2) is 23.9 Å². The molecule has 13 heavy (non-hydrogen) atoms. The zero-order chi connectivity index (χ0) is 9.10. The van der Waals surface area contributed by atoms with Gasteiger partial charge in [0.25, 0.3) is 0 Å². The van der Waals surface area contributed by atoms with Gasteiger partial charge in [-0.25, -0.2) is 0 Å². The molecule has 0 aliphatic carbocycles. The Labute approximate surface area is 77.5 Å². The first-order valence-electron chi connectivity index (χ1n) is 4.39. The molecule has 0 saturated carbocycles. The SMILES string of the molecule is O[C@H](/C=C/c1ccccc1)[C@@H]1CO1. The minimum atomic E-state index is -0.458. The molecule has 0 unspecified atom stereocenters. The van der Waals surface area contributed by atoms with Crippen molar-refractivity contribution in [3.05, 3.63) is 42.0 Å². The summed E-state index contributed by atoms with van der Waals surface area (Å²) < 4.78 is 4.96. The molecule has 2 rings (SSSR count). The minimum absolute atomic E-state index is 0.0277. The highest BCUT2D eigenvalue weighted by atomic mass is 16.6. The lowest BCUT2D eigenvalue weighted by Crippen LogP contribution is -2.09. The molecule has 0 bridgehead atoms. The van der Waals surface area contributed by atoms with Crippen molar-refractivity contribution in [3.8, 4) is 0 Å². The molecule has 68 valence electrons. The Morgan fingerprint density at radius 2 is 2.08 bits per heavy atom. The molecule has 1 aromatic rings. The van der Waals surface area contributed by atoms with E-state index in [-0.39, 0.29) is 6.10 Å². The van der Waals surface area contributed by atoms with E-state index in [0.717, 1.165) is 5.56 Å². The average Bonchev–Trinajstić information content (AvgIpc) is 2.99. The van der Waals surface area contributed by atoms with E-state index in [9.17, 15) is 5.11 Å². The Morgan fingerprint density at radius 3 is 2.69 bits per heavy atom. The third-order valence-electron chi connectivity index (χ3n) is 2.03. The molecule has 2 heteroatoms. The van der Waals surface area contributed by atoms with Gasteiger partial charge in [0.1, 0.15) is 12.2 Å². The van der Waals surface area contributed by atoms with Gasteiger partial charge in [0, 0.05) is 0 Å². The number of aliphatic hydroxyl groups is 1. The van der Waals surface area contributed by atoms with E-state index < -0.39 is 6.10 Å². The maximum Gasteiger partial charge on any atom is 0.110 e. The normalized spacial score (nSPS) is 23.3. The summed E-state index contributed by atoms with van der Waals surface area (Å²) in [7, 11) is 0. The third kappa shape index (κ3) is 2.41. The minimum Gasteiger partial charge on any atom is -0.386 e. The highest BCUT2D eigenvalue weighted by Gasteiger charge is 2.29. The van der Waals surface area contributed by atoms with Gasteiger partial charge in [-0.1, -0.05) is 42.5 Å². The van der Waals surface area contributed by atoms with Gasteiger partial charge in [-0.05, 0) is 5.56 Å². The second-order valence-electron chi connectivity index (χ2n) is 3.13. The number of hydrogen-bond acceptors (Lipinski definition) is 2. The summed E-state index contributed by atoms with van der Waals surface area (Å²) in [6.07, 6.45) is 3.25. The van der Waals surface area contributed by atoms with Crippen molar-refractivity contribution in [1.29, 1.82) is 0 Å². The van der Waals surface area contributed by atoms with Crippen LogP contribution in [0.1, 0.15) is 5.56 Å². The number of aliphatic hydroxyl groups excluding tert-OH is 1. The molecule has 2 atom stereocenters. The van der Waals surface area contributed by atoms with Crippen molar-refractivity contribution in [2.45, 2.75) is 12.2 Å². The lowest BCUT2D eigenvalue weighted by molar-refractivity contribution is 0.178. The fourth-order valence-electron chi connectivity index (χ4n) is 1.15.